The van der Waals surface area contributed by atoms with Crippen LogP contribution in [0, 0.1) is 0 Å². The molecular formula is C15H15ClN2O2. The quantitative estimate of drug-likeness (QED) is 0.749. The second kappa shape index (κ2) is 5.84. The van der Waals surface area contributed by atoms with Gasteiger partial charge in [-0.2, -0.15) is 0 Å². The molecule has 0 spiro atoms. The van der Waals surface area contributed by atoms with Gasteiger partial charge in [-0.3, -0.25) is 0 Å². The summed E-state index contributed by atoms with van der Waals surface area (Å²) in [5, 5.41) is 12.9. The SMILES string of the molecule is CC(Nc1cccc(C(=O)O)c1N)c1cccc(Cl)c1. The zero-order valence-electron chi connectivity index (χ0n) is 10.9. The lowest BCUT2D eigenvalue weighted by Crippen LogP contribution is -2.11. The molecule has 4 nitrogen and oxygen atoms in total. The van der Waals surface area contributed by atoms with Gasteiger partial charge in [0.15, 0.2) is 0 Å². The van der Waals surface area contributed by atoms with Crippen LogP contribution in [0.3, 0.4) is 0 Å². The first-order chi connectivity index (χ1) is 9.49. The van der Waals surface area contributed by atoms with Crippen LogP contribution >= 0.6 is 11.6 Å². The molecular weight excluding hydrogens is 276 g/mol. The predicted molar refractivity (Wildman–Crippen MR) is 81.3 cm³/mol. The molecule has 0 saturated carbocycles. The first-order valence-corrected chi connectivity index (χ1v) is 6.50. The molecule has 0 heterocycles. The highest BCUT2D eigenvalue weighted by Gasteiger charge is 2.13. The first-order valence-electron chi connectivity index (χ1n) is 6.13. The van der Waals surface area contributed by atoms with Gasteiger partial charge in [0.2, 0.25) is 0 Å². The Morgan fingerprint density at radius 3 is 2.65 bits per heavy atom. The number of aromatic carboxylic acids is 1. The molecule has 2 rings (SSSR count). The molecule has 4 N–H and O–H groups in total. The minimum atomic E-state index is -1.04. The summed E-state index contributed by atoms with van der Waals surface area (Å²) in [4.78, 5) is 11.0. The van der Waals surface area contributed by atoms with Crippen molar-refractivity contribution in [2.24, 2.45) is 0 Å². The zero-order chi connectivity index (χ0) is 14.7. The number of para-hydroxylation sites is 1. The fourth-order valence-corrected chi connectivity index (χ4v) is 2.17. The molecule has 0 bridgehead atoms. The molecule has 1 atom stereocenters. The number of carboxylic acid groups (broad SMARTS) is 1. The number of nitrogens with two attached hydrogens (primary N) is 1. The molecule has 5 heteroatoms. The van der Waals surface area contributed by atoms with Crippen molar-refractivity contribution < 1.29 is 9.90 Å². The van der Waals surface area contributed by atoms with Crippen LogP contribution in [0.2, 0.25) is 5.02 Å². The number of nitrogen functional groups attached to an aromatic ring is 1. The number of hydrogen-bond donors (Lipinski definition) is 3. The van der Waals surface area contributed by atoms with E-state index >= 15 is 0 Å². The minimum Gasteiger partial charge on any atom is -0.478 e. The molecule has 0 radical (unpaired) electrons. The van der Waals surface area contributed by atoms with Crippen molar-refractivity contribution in [1.29, 1.82) is 0 Å². The average molecular weight is 291 g/mol. The molecule has 2 aromatic rings. The monoisotopic (exact) mass is 290 g/mol. The van der Waals surface area contributed by atoms with Gasteiger partial charge >= 0.3 is 5.97 Å². The highest BCUT2D eigenvalue weighted by atomic mass is 35.5. The lowest BCUT2D eigenvalue weighted by atomic mass is 10.1. The van der Waals surface area contributed by atoms with Crippen molar-refractivity contribution in [3.63, 3.8) is 0 Å². The summed E-state index contributed by atoms with van der Waals surface area (Å²) in [6, 6.07) is 12.3. The summed E-state index contributed by atoms with van der Waals surface area (Å²) in [6.07, 6.45) is 0. The molecule has 0 amide bonds. The summed E-state index contributed by atoms with van der Waals surface area (Å²) in [6.45, 7) is 1.96. The zero-order valence-corrected chi connectivity index (χ0v) is 11.7. The Kier molecular flexibility index (Phi) is 4.15. The van der Waals surface area contributed by atoms with Gasteiger partial charge in [-0.1, -0.05) is 29.8 Å². The van der Waals surface area contributed by atoms with E-state index in [4.69, 9.17) is 22.4 Å². The van der Waals surface area contributed by atoms with Crippen LogP contribution in [0.15, 0.2) is 42.5 Å². The number of carboxylic acids is 1. The topological polar surface area (TPSA) is 75.3 Å². The Labute approximate surface area is 122 Å². The van der Waals surface area contributed by atoms with E-state index in [1.807, 2.05) is 25.1 Å². The van der Waals surface area contributed by atoms with E-state index in [0.29, 0.717) is 10.7 Å². The summed E-state index contributed by atoms with van der Waals surface area (Å²) in [7, 11) is 0. The summed E-state index contributed by atoms with van der Waals surface area (Å²) >= 11 is 5.96. The largest absolute Gasteiger partial charge is 0.478 e. The highest BCUT2D eigenvalue weighted by molar-refractivity contribution is 6.30. The van der Waals surface area contributed by atoms with E-state index in [1.165, 1.54) is 6.07 Å². The van der Waals surface area contributed by atoms with Crippen LogP contribution in [-0.4, -0.2) is 11.1 Å². The van der Waals surface area contributed by atoms with Gasteiger partial charge in [-0.25, -0.2) is 4.79 Å². The van der Waals surface area contributed by atoms with Crippen LogP contribution < -0.4 is 11.1 Å². The lowest BCUT2D eigenvalue weighted by Gasteiger charge is -2.18. The van der Waals surface area contributed by atoms with Gasteiger partial charge < -0.3 is 16.2 Å². The second-order valence-electron chi connectivity index (χ2n) is 4.49. The molecule has 0 fully saturated rings. The van der Waals surface area contributed by atoms with Crippen molar-refractivity contribution >= 4 is 28.9 Å². The number of rotatable bonds is 4. The summed E-state index contributed by atoms with van der Waals surface area (Å²) in [5.41, 5.74) is 7.79. The second-order valence-corrected chi connectivity index (χ2v) is 4.93. The fourth-order valence-electron chi connectivity index (χ4n) is 1.97. The molecule has 104 valence electrons. The summed E-state index contributed by atoms with van der Waals surface area (Å²) < 4.78 is 0. The van der Waals surface area contributed by atoms with Gasteiger partial charge in [-0.05, 0) is 36.8 Å². The maximum absolute atomic E-state index is 11.0. The number of carbonyl (C=O) groups is 1. The maximum Gasteiger partial charge on any atom is 0.337 e. The standard InChI is InChI=1S/C15H15ClN2O2/c1-9(10-4-2-5-11(16)8-10)18-13-7-3-6-12(14(13)17)15(19)20/h2-9,18H,17H2,1H3,(H,19,20). The van der Waals surface area contributed by atoms with Crippen LogP contribution in [0.4, 0.5) is 11.4 Å². The first kappa shape index (κ1) is 14.2. The third-order valence-electron chi connectivity index (χ3n) is 3.06. The van der Waals surface area contributed by atoms with Crippen molar-refractivity contribution in [3.05, 3.63) is 58.6 Å². The third-order valence-corrected chi connectivity index (χ3v) is 3.29. The Morgan fingerprint density at radius 2 is 2.00 bits per heavy atom. The van der Waals surface area contributed by atoms with E-state index in [1.54, 1.807) is 18.2 Å². The molecule has 0 aromatic heterocycles. The fraction of sp³-hybridized carbons (Fsp3) is 0.133. The van der Waals surface area contributed by atoms with Crippen LogP contribution in [-0.2, 0) is 0 Å². The van der Waals surface area contributed by atoms with Gasteiger partial charge in [-0.15, -0.1) is 0 Å². The van der Waals surface area contributed by atoms with Crippen LogP contribution in [0.5, 0.6) is 0 Å². The van der Waals surface area contributed by atoms with E-state index in [9.17, 15) is 4.79 Å². The summed E-state index contributed by atoms with van der Waals surface area (Å²) in [5.74, 6) is -1.04. The Balaban J connectivity index is 2.26. The lowest BCUT2D eigenvalue weighted by molar-refractivity contribution is 0.0698. The van der Waals surface area contributed by atoms with Crippen molar-refractivity contribution in [2.75, 3.05) is 11.1 Å². The highest BCUT2D eigenvalue weighted by Crippen LogP contribution is 2.27. The number of halogens is 1. The van der Waals surface area contributed by atoms with Crippen LogP contribution in [0.25, 0.3) is 0 Å². The Hall–Kier alpha value is -2.20. The van der Waals surface area contributed by atoms with Gasteiger partial charge in [0.1, 0.15) is 0 Å². The van der Waals surface area contributed by atoms with Crippen LogP contribution in [0.1, 0.15) is 28.9 Å². The van der Waals surface area contributed by atoms with E-state index < -0.39 is 5.97 Å². The Morgan fingerprint density at radius 1 is 1.30 bits per heavy atom. The molecule has 0 aliphatic carbocycles. The smallest absolute Gasteiger partial charge is 0.337 e. The van der Waals surface area contributed by atoms with Gasteiger partial charge in [0.25, 0.3) is 0 Å². The number of anilines is 2. The number of hydrogen-bond acceptors (Lipinski definition) is 3. The molecule has 0 aliphatic heterocycles. The van der Waals surface area contributed by atoms with E-state index in [2.05, 4.69) is 5.32 Å². The van der Waals surface area contributed by atoms with Gasteiger partial charge in [0, 0.05) is 11.1 Å². The molecule has 0 saturated heterocycles. The van der Waals surface area contributed by atoms with Gasteiger partial charge in [0.05, 0.1) is 16.9 Å². The molecule has 2 aromatic carbocycles. The minimum absolute atomic E-state index is 0.0416. The molecule has 1 unspecified atom stereocenters. The van der Waals surface area contributed by atoms with E-state index in [-0.39, 0.29) is 17.3 Å². The van der Waals surface area contributed by atoms with E-state index in [0.717, 1.165) is 5.56 Å². The number of benzene rings is 2. The third kappa shape index (κ3) is 3.03. The van der Waals surface area contributed by atoms with Crippen molar-refractivity contribution in [2.45, 2.75) is 13.0 Å². The average Bonchev–Trinajstić information content (AvgIpc) is 2.40. The molecule has 0 aliphatic rings. The molecule has 20 heavy (non-hydrogen) atoms. The normalized spacial score (nSPS) is 11.9. The Bertz CT molecular complexity index is 644. The maximum atomic E-state index is 11.0. The number of nitrogens with one attached hydrogen (secondary N) is 1. The predicted octanol–water partition coefficient (Wildman–Crippen LogP) is 3.79. The van der Waals surface area contributed by atoms with Crippen molar-refractivity contribution in [1.82, 2.24) is 0 Å². The van der Waals surface area contributed by atoms with Crippen molar-refractivity contribution in [3.8, 4) is 0 Å².